The molecule has 0 heterocycles. The van der Waals surface area contributed by atoms with Crippen LogP contribution in [0.3, 0.4) is 0 Å². The molecule has 0 saturated heterocycles. The third-order valence-electron chi connectivity index (χ3n) is 12.9. The third kappa shape index (κ3) is 39.3. The highest BCUT2D eigenvalue weighted by atomic mass is 35.5. The van der Waals surface area contributed by atoms with Gasteiger partial charge in [0, 0.05) is 113 Å². The van der Waals surface area contributed by atoms with Crippen LogP contribution in [-0.4, -0.2) is 42.4 Å². The van der Waals surface area contributed by atoms with Crippen LogP contribution < -0.4 is 0 Å². The minimum Gasteiger partial charge on any atom is -0.299 e. The number of thioether (sulfide) groups is 7. The third-order valence-corrected chi connectivity index (χ3v) is 23.3. The molecule has 0 spiro atoms. The summed E-state index contributed by atoms with van der Waals surface area (Å²) in [5.41, 5.74) is 8.99. The molecule has 0 aromatic heterocycles. The van der Waals surface area contributed by atoms with Crippen LogP contribution in [0.15, 0.2) is 151 Å². The molecule has 0 unspecified atom stereocenters. The maximum atomic E-state index is 7.49. The Balaban J connectivity index is 0.000000397. The zero-order valence-electron chi connectivity index (χ0n) is 57.1. The molecule has 0 aliphatic carbocycles. The Morgan fingerprint density at radius 1 is 0.340 bits per heavy atom. The first-order chi connectivity index (χ1) is 47.1. The minimum atomic E-state index is 0.225. The molecule has 7 nitrogen and oxygen atoms in total. The molecule has 100 heavy (non-hydrogen) atoms. The first-order valence-electron chi connectivity index (χ1n) is 30.4. The maximum Gasteiger partial charge on any atom is 0.0672 e. The molecule has 0 radical (unpaired) electrons. The van der Waals surface area contributed by atoms with Crippen LogP contribution >= 0.6 is 222 Å². The second kappa shape index (κ2) is 51.0. The summed E-state index contributed by atoms with van der Waals surface area (Å²) in [5.74, 6) is 5.30. The fraction of sp³-hybridized carbons (Fsp3) is 0.284. The summed E-state index contributed by atoms with van der Waals surface area (Å²) in [7, 11) is 1.81. The number of aliphatic imine (C=N–C) groups is 1. The zero-order chi connectivity index (χ0) is 75.2. The van der Waals surface area contributed by atoms with Crippen LogP contribution in [0.1, 0.15) is 127 Å². The number of rotatable bonds is 16. The predicted molar refractivity (Wildman–Crippen MR) is 469 cm³/mol. The van der Waals surface area contributed by atoms with Gasteiger partial charge in [0.1, 0.15) is 0 Å². The molecule has 8 aromatic rings. The van der Waals surface area contributed by atoms with E-state index in [2.05, 4.69) is 63.0 Å². The Bertz CT molecular complexity index is 3980. The first kappa shape index (κ1) is 93.7. The summed E-state index contributed by atoms with van der Waals surface area (Å²) in [4.78, 5) is 4.18. The van der Waals surface area contributed by atoms with Crippen molar-refractivity contribution in [2.24, 2.45) is 4.99 Å². The molecule has 26 heteroatoms. The number of hydrogen-bond acceptors (Lipinski definition) is 14. The molecule has 0 bridgehead atoms. The largest absolute Gasteiger partial charge is 0.299 e. The van der Waals surface area contributed by atoms with Crippen LogP contribution in [0, 0.1) is 32.5 Å². The van der Waals surface area contributed by atoms with Crippen molar-refractivity contribution in [3.63, 3.8) is 0 Å². The molecule has 0 fully saturated rings. The highest BCUT2D eigenvalue weighted by molar-refractivity contribution is 8.14. The Morgan fingerprint density at radius 3 is 1.09 bits per heavy atom. The van der Waals surface area contributed by atoms with Crippen molar-refractivity contribution in [1.82, 2.24) is 0 Å². The van der Waals surface area contributed by atoms with Gasteiger partial charge in [0.25, 0.3) is 0 Å². The van der Waals surface area contributed by atoms with Gasteiger partial charge in [0.05, 0.1) is 35.3 Å². The van der Waals surface area contributed by atoms with Gasteiger partial charge in [0.2, 0.25) is 0 Å². The zero-order valence-corrected chi connectivity index (χ0v) is 71.8. The molecule has 0 aliphatic rings. The minimum absolute atomic E-state index is 0.225. The van der Waals surface area contributed by atoms with E-state index in [-0.39, 0.29) is 5.41 Å². The Labute approximate surface area is 682 Å². The smallest absolute Gasteiger partial charge is 0.0672 e. The van der Waals surface area contributed by atoms with E-state index in [1.807, 2.05) is 113 Å². The van der Waals surface area contributed by atoms with E-state index in [1.165, 1.54) is 69.1 Å². The fourth-order valence-electron chi connectivity index (χ4n) is 7.53. The van der Waals surface area contributed by atoms with Gasteiger partial charge in [-0.2, -0.15) is 0 Å². The summed E-state index contributed by atoms with van der Waals surface area (Å²) in [6.45, 7) is 19.6. The van der Waals surface area contributed by atoms with Crippen molar-refractivity contribution < 1.29 is 0 Å². The van der Waals surface area contributed by atoms with Crippen LogP contribution in [0.4, 0.5) is 0 Å². The Morgan fingerprint density at radius 2 is 0.700 bits per heavy atom. The molecular weight excluding hydrogens is 1640 g/mol. The van der Waals surface area contributed by atoms with Crippen molar-refractivity contribution >= 4 is 268 Å². The second-order valence-corrected chi connectivity index (χ2v) is 35.1. The second-order valence-electron chi connectivity index (χ2n) is 22.0. The van der Waals surface area contributed by atoms with Crippen molar-refractivity contribution in [2.75, 3.05) is 7.05 Å². The number of nitrogens with one attached hydrogen (secondary N) is 6. The lowest BCUT2D eigenvalue weighted by molar-refractivity contribution is 0.590. The van der Waals surface area contributed by atoms with Crippen molar-refractivity contribution in [3.8, 4) is 0 Å². The van der Waals surface area contributed by atoms with Crippen molar-refractivity contribution in [1.29, 1.82) is 32.5 Å². The highest BCUT2D eigenvalue weighted by Gasteiger charge is 2.14. The average Bonchev–Trinajstić information content (AvgIpc) is 0.807. The number of fused-ring (bicyclic) bond motifs is 1. The standard InChI is InChI=1S/C13H12ClNS.C13H19NS.C11H13Cl2NS.C10H11Cl2NS.C9H8Cl3NS.2C9H9Cl2NS/c1-9(15)16-8-10-6-7-13(14)12-5-3-2-4-11(10)12;1-10(14)15-9-11-5-7-12(8-6-11)13(2,3)4;1-3-11(14-2)15-7-8-4-5-9(12)6-10(8)13;1-2-10(13)14-6-7-3-4-8(11)5-9(7)12;1-5(13)14-4-7-8(11)2-6(10)3-9(7)12;1-6(12)13-5-7-2-3-8(10)4-9(7)11;1-6(12)13-5-7-8(10)3-2-4-9(7)11/h2-7,15H,8H2,1H3;5-8,14H,9H2,1-4H3;4-6H,3,7H2,1-2H3;3-5,13H,2,6H2,1H3;2-3,13H,4H2,1H3;2*2-4,12H,5H2,1H3. The Kier molecular flexibility index (Phi) is 47.8. The lowest BCUT2D eigenvalue weighted by Crippen LogP contribution is -2.10. The summed E-state index contributed by atoms with van der Waals surface area (Å²) < 4.78 is 0. The van der Waals surface area contributed by atoms with Gasteiger partial charge in [-0.25, -0.2) is 0 Å². The summed E-state index contributed by atoms with van der Waals surface area (Å²) >= 11 is 81.7. The summed E-state index contributed by atoms with van der Waals surface area (Å²) in [5, 5.41) is 58.9. The first-order valence-corrected chi connectivity index (χ1v) is 41.8. The van der Waals surface area contributed by atoms with Gasteiger partial charge in [-0.3, -0.25) is 37.4 Å². The number of halogens is 12. The van der Waals surface area contributed by atoms with E-state index in [1.54, 1.807) is 86.4 Å². The SMILES string of the molecule is CC(=N)SCc1c(Cl)cc(Cl)cc1Cl.CC(=N)SCc1c(Cl)cccc1Cl.CC(=N)SCc1ccc(C(C)(C)C)cc1.CC(=N)SCc1ccc(Cl)c2ccccc12.CC(=N)SCc1ccc(Cl)cc1Cl.CCC(=N)SCc1ccc(Cl)cc1Cl.CCC(=NC)SCc1ccc(Cl)cc1Cl. The fourth-order valence-corrected chi connectivity index (χ4v) is 16.1. The van der Waals surface area contributed by atoms with Gasteiger partial charge < -0.3 is 0 Å². The molecule has 8 rings (SSSR count). The van der Waals surface area contributed by atoms with Gasteiger partial charge in [-0.15, -0.1) is 82.3 Å². The van der Waals surface area contributed by atoms with Crippen LogP contribution in [-0.2, 0) is 45.7 Å². The van der Waals surface area contributed by atoms with Crippen LogP contribution in [0.5, 0.6) is 0 Å². The van der Waals surface area contributed by atoms with E-state index in [4.69, 9.17) is 172 Å². The van der Waals surface area contributed by atoms with Gasteiger partial charge in [-0.05, 0) is 169 Å². The quantitative estimate of drug-likeness (QED) is 0.0416. The predicted octanol–water partition coefficient (Wildman–Crippen LogP) is 31.5. The number of benzene rings is 8. The molecule has 0 atom stereocenters. The number of hydrogen-bond donors (Lipinski definition) is 6. The monoisotopic (exact) mass is 1710 g/mol. The topological polar surface area (TPSA) is 155 Å². The van der Waals surface area contributed by atoms with Gasteiger partial charge in [-0.1, -0.05) is 253 Å². The molecule has 538 valence electrons. The molecule has 6 N–H and O–H groups in total. The normalized spacial score (nSPS) is 10.7. The van der Waals surface area contributed by atoms with Gasteiger partial charge >= 0.3 is 0 Å². The average molecular weight is 1720 g/mol. The number of nitrogens with zero attached hydrogens (tertiary/aromatic N) is 1. The van der Waals surface area contributed by atoms with E-state index in [0.29, 0.717) is 92.0 Å². The molecule has 0 aliphatic heterocycles. The lowest BCUT2D eigenvalue weighted by Gasteiger charge is -2.19. The van der Waals surface area contributed by atoms with Gasteiger partial charge in [0.15, 0.2) is 0 Å². The highest BCUT2D eigenvalue weighted by Crippen LogP contribution is 2.35. The molecule has 0 saturated carbocycles. The van der Waals surface area contributed by atoms with Crippen LogP contribution in [0.25, 0.3) is 10.8 Å². The van der Waals surface area contributed by atoms with Crippen LogP contribution in [0.2, 0.25) is 60.3 Å². The molecule has 0 amide bonds. The summed E-state index contributed by atoms with van der Waals surface area (Å²) in [6, 6.07) is 46.0. The van der Waals surface area contributed by atoms with E-state index < -0.39 is 0 Å². The van der Waals surface area contributed by atoms with Crippen molar-refractivity contribution in [3.05, 3.63) is 250 Å². The molecule has 8 aromatic carbocycles. The van der Waals surface area contributed by atoms with E-state index >= 15 is 0 Å². The Hall–Kier alpha value is -2.36. The van der Waals surface area contributed by atoms with E-state index in [9.17, 15) is 0 Å². The summed E-state index contributed by atoms with van der Waals surface area (Å²) in [6.07, 6.45) is 1.74. The lowest BCUT2D eigenvalue weighted by atomic mass is 9.87. The van der Waals surface area contributed by atoms with Crippen molar-refractivity contribution in [2.45, 2.75) is 128 Å². The maximum absolute atomic E-state index is 7.49. The van der Waals surface area contributed by atoms with E-state index in [0.717, 1.165) is 89.9 Å². The molecular formula is C74H81Cl12N7S7.